The average Bonchev–Trinajstić information content (AvgIpc) is 2.73. The normalized spacial score (nSPS) is 15.1. The van der Waals surface area contributed by atoms with Gasteiger partial charge in [0.05, 0.1) is 6.10 Å². The first kappa shape index (κ1) is 12.3. The van der Waals surface area contributed by atoms with Gasteiger partial charge in [0.15, 0.2) is 0 Å². The molecule has 0 bridgehead atoms. The van der Waals surface area contributed by atoms with Gasteiger partial charge in [-0.3, -0.25) is 0 Å². The standard InChI is InChI=1S/C11H11N2O.HI.Os/c1-2-9(3-1)14-10-5-4-8-6-7-12-11(8)13-10;;/h4-7,9H,1-3H2;1H;/q-1;;+1/p-1. The smallest absolute Gasteiger partial charge is 0.111 e. The second-order valence-corrected chi connectivity index (χ2v) is 3.68. The minimum absolute atomic E-state index is 0.384. The number of halogens is 1. The summed E-state index contributed by atoms with van der Waals surface area (Å²) in [5, 5.41) is 1.07. The van der Waals surface area contributed by atoms with Crippen molar-refractivity contribution in [1.29, 1.82) is 0 Å². The minimum atomic E-state index is 0.384. The summed E-state index contributed by atoms with van der Waals surface area (Å²) in [6.45, 7) is 0. The van der Waals surface area contributed by atoms with E-state index in [2.05, 4.69) is 29.6 Å². The van der Waals surface area contributed by atoms with Crippen LogP contribution in [0.25, 0.3) is 11.0 Å². The van der Waals surface area contributed by atoms with E-state index < -0.39 is 0 Å². The predicted octanol–water partition coefficient (Wildman–Crippen LogP) is 3.01. The summed E-state index contributed by atoms with van der Waals surface area (Å²) in [6, 6.07) is 5.88. The molecule has 0 unspecified atom stereocenters. The molecule has 1 fully saturated rings. The number of ether oxygens (including phenoxy) is 1. The van der Waals surface area contributed by atoms with E-state index in [-0.39, 0.29) is 0 Å². The van der Waals surface area contributed by atoms with Crippen molar-refractivity contribution >= 4 is 30.7 Å². The summed E-state index contributed by atoms with van der Waals surface area (Å²) < 4.78 is 5.68. The summed E-state index contributed by atoms with van der Waals surface area (Å²) in [5.74, 6) is 0.709. The van der Waals surface area contributed by atoms with E-state index in [1.807, 2.05) is 33.3 Å². The predicted molar refractivity (Wildman–Crippen MR) is 67.4 cm³/mol. The van der Waals surface area contributed by atoms with Gasteiger partial charge in [-0.25, -0.2) is 0 Å². The first-order valence-corrected chi connectivity index (χ1v) is 12.3. The number of fused-ring (bicyclic) bond motifs is 1. The molecule has 0 spiro atoms. The van der Waals surface area contributed by atoms with E-state index in [1.165, 1.54) is 6.42 Å². The first-order valence-electron chi connectivity index (χ1n) is 5.10. The van der Waals surface area contributed by atoms with Crippen LogP contribution in [-0.2, 0) is 15.1 Å². The summed E-state index contributed by atoms with van der Waals surface area (Å²) >= 11 is 4.01. The SMILES string of the molecule is [I][Os].c1cc2ccc(OC3CCC3)nc2[n-]1. The molecule has 0 aliphatic heterocycles. The van der Waals surface area contributed by atoms with Gasteiger partial charge in [0, 0.05) is 0 Å². The Kier molecular flexibility index (Phi) is 4.60. The Labute approximate surface area is 115 Å². The van der Waals surface area contributed by atoms with Crippen LogP contribution in [0.3, 0.4) is 0 Å². The van der Waals surface area contributed by atoms with Crippen molar-refractivity contribution in [3.63, 3.8) is 0 Å². The van der Waals surface area contributed by atoms with Gasteiger partial charge < -0.3 is 14.7 Å². The molecule has 1 aliphatic carbocycles. The van der Waals surface area contributed by atoms with Gasteiger partial charge in [-0.1, -0.05) is 18.3 Å². The average molecular weight is 504 g/mol. The molecule has 0 atom stereocenters. The molecule has 0 radical (unpaired) electrons. The van der Waals surface area contributed by atoms with Crippen LogP contribution >= 0.6 is 19.7 Å². The zero-order valence-corrected chi connectivity index (χ0v) is 13.2. The fraction of sp³-hybridized carbons (Fsp3) is 0.364. The maximum absolute atomic E-state index is 5.68. The molecule has 0 aromatic carbocycles. The first-order chi connectivity index (χ1) is 7.92. The zero-order chi connectivity index (χ0) is 11.4. The van der Waals surface area contributed by atoms with Gasteiger partial charge in [-0.05, 0) is 36.4 Å². The largest absolute Gasteiger partial charge is 0.494 e. The summed E-state index contributed by atoms with van der Waals surface area (Å²) in [5.41, 5.74) is 0.779. The van der Waals surface area contributed by atoms with Gasteiger partial charge in [-0.2, -0.15) is 0 Å². The molecule has 0 N–H and O–H groups in total. The Bertz CT molecular complexity index is 456. The van der Waals surface area contributed by atoms with Crippen LogP contribution < -0.4 is 9.72 Å². The molecule has 1 aliphatic rings. The second kappa shape index (κ2) is 5.97. The number of rotatable bonds is 2. The zero-order valence-electron chi connectivity index (χ0n) is 8.54. The fourth-order valence-corrected chi connectivity index (χ4v) is 1.59. The summed E-state index contributed by atoms with van der Waals surface area (Å²) in [7, 11) is 0. The fourth-order valence-electron chi connectivity index (χ4n) is 1.59. The van der Waals surface area contributed by atoms with Crippen molar-refractivity contribution in [3.05, 3.63) is 24.4 Å². The van der Waals surface area contributed by atoms with Gasteiger partial charge >= 0.3 is 34.7 Å². The Balaban J connectivity index is 0.000000457. The molecule has 3 rings (SSSR count). The number of aromatic nitrogens is 2. The molecule has 2 aromatic rings. The monoisotopic (exact) mass is 506 g/mol. The summed E-state index contributed by atoms with van der Waals surface area (Å²) in [4.78, 5) is 8.46. The third-order valence-electron chi connectivity index (χ3n) is 2.67. The second-order valence-electron chi connectivity index (χ2n) is 3.68. The van der Waals surface area contributed by atoms with Crippen molar-refractivity contribution in [1.82, 2.24) is 9.97 Å². The van der Waals surface area contributed by atoms with Crippen LogP contribution in [0.4, 0.5) is 0 Å². The van der Waals surface area contributed by atoms with E-state index in [1.54, 1.807) is 6.20 Å². The van der Waals surface area contributed by atoms with E-state index in [0.717, 1.165) is 23.9 Å². The Morgan fingerprint density at radius 3 is 2.81 bits per heavy atom. The molecule has 2 heterocycles. The third kappa shape index (κ3) is 2.75. The molecule has 0 saturated heterocycles. The van der Waals surface area contributed by atoms with E-state index in [0.29, 0.717) is 12.0 Å². The minimum Gasteiger partial charge on any atom is -0.494 e. The van der Waals surface area contributed by atoms with Crippen molar-refractivity contribution in [3.8, 4) is 5.88 Å². The van der Waals surface area contributed by atoms with Crippen molar-refractivity contribution in [2.75, 3.05) is 0 Å². The van der Waals surface area contributed by atoms with Crippen molar-refractivity contribution in [2.24, 2.45) is 0 Å². The summed E-state index contributed by atoms with van der Waals surface area (Å²) in [6.07, 6.45) is 5.75. The van der Waals surface area contributed by atoms with E-state index in [4.69, 9.17) is 4.74 Å². The van der Waals surface area contributed by atoms with E-state index >= 15 is 0 Å². The number of pyridine rings is 1. The van der Waals surface area contributed by atoms with Crippen LogP contribution in [0, 0.1) is 0 Å². The Hall–Kier alpha value is -0.144. The molecule has 0 amide bonds. The Morgan fingerprint density at radius 1 is 1.31 bits per heavy atom. The molecule has 1 saturated carbocycles. The van der Waals surface area contributed by atoms with Crippen molar-refractivity contribution < 1.29 is 19.8 Å². The molecule has 87 valence electrons. The van der Waals surface area contributed by atoms with Gasteiger partial charge in [0.25, 0.3) is 0 Å². The Morgan fingerprint density at radius 2 is 2.12 bits per heavy atom. The van der Waals surface area contributed by atoms with Gasteiger partial charge in [0.2, 0.25) is 0 Å². The molecule has 2 aromatic heterocycles. The van der Waals surface area contributed by atoms with Crippen LogP contribution in [0.1, 0.15) is 19.3 Å². The van der Waals surface area contributed by atoms with Crippen molar-refractivity contribution in [2.45, 2.75) is 25.4 Å². The number of nitrogens with zero attached hydrogens (tertiary/aromatic N) is 2. The molecule has 16 heavy (non-hydrogen) atoms. The molecule has 5 heteroatoms. The van der Waals surface area contributed by atoms with Crippen LogP contribution in [-0.4, -0.2) is 11.1 Å². The van der Waals surface area contributed by atoms with E-state index in [9.17, 15) is 0 Å². The van der Waals surface area contributed by atoms with Crippen LogP contribution in [0.5, 0.6) is 5.88 Å². The third-order valence-corrected chi connectivity index (χ3v) is 2.67. The topological polar surface area (TPSA) is 36.2 Å². The molecule has 3 nitrogen and oxygen atoms in total. The van der Waals surface area contributed by atoms with Crippen LogP contribution in [0.2, 0.25) is 0 Å². The van der Waals surface area contributed by atoms with Crippen LogP contribution in [0.15, 0.2) is 24.4 Å². The number of hydrogen-bond donors (Lipinski definition) is 0. The quantitative estimate of drug-likeness (QED) is 0.591. The maximum Gasteiger partial charge on any atom is 0.111 e. The molecular weight excluding hydrogens is 493 g/mol. The molecular formula is C11H11IN2OOs-. The number of hydrogen-bond acceptors (Lipinski definition) is 2. The maximum atomic E-state index is 5.68. The van der Waals surface area contributed by atoms with Gasteiger partial charge in [-0.15, -0.1) is 0 Å². The van der Waals surface area contributed by atoms with Gasteiger partial charge in [0.1, 0.15) is 5.88 Å².